The van der Waals surface area contributed by atoms with Crippen LogP contribution in [0.25, 0.3) is 0 Å². The first-order valence-corrected chi connectivity index (χ1v) is 7.56. The van der Waals surface area contributed by atoms with Crippen LogP contribution in [0.2, 0.25) is 0 Å². The van der Waals surface area contributed by atoms with Gasteiger partial charge in [-0.25, -0.2) is 8.78 Å². The number of piperidine rings is 1. The van der Waals surface area contributed by atoms with E-state index in [4.69, 9.17) is 0 Å². The van der Waals surface area contributed by atoms with Gasteiger partial charge in [-0.15, -0.1) is 12.4 Å². The highest BCUT2D eigenvalue weighted by Gasteiger charge is 2.13. The van der Waals surface area contributed by atoms with Crippen LogP contribution >= 0.6 is 12.4 Å². The number of aryl methyl sites for hydroxylation is 1. The van der Waals surface area contributed by atoms with Crippen LogP contribution in [0.15, 0.2) is 18.2 Å². The van der Waals surface area contributed by atoms with Crippen LogP contribution in [0.1, 0.15) is 31.2 Å². The Bertz CT molecular complexity index is 479. The largest absolute Gasteiger partial charge is 0.356 e. The highest BCUT2D eigenvalue weighted by Crippen LogP contribution is 2.13. The zero-order valence-electron chi connectivity index (χ0n) is 12.5. The molecule has 6 heteroatoms. The predicted octanol–water partition coefficient (Wildman–Crippen LogP) is 2.83. The van der Waals surface area contributed by atoms with E-state index >= 15 is 0 Å². The monoisotopic (exact) mass is 332 g/mol. The number of hydrogen-bond donors (Lipinski definition) is 2. The highest BCUT2D eigenvalue weighted by molar-refractivity contribution is 5.85. The molecule has 1 aliphatic rings. The lowest BCUT2D eigenvalue weighted by Crippen LogP contribution is -2.33. The molecular formula is C16H23ClF2N2O. The van der Waals surface area contributed by atoms with Crippen LogP contribution < -0.4 is 10.6 Å². The van der Waals surface area contributed by atoms with Crippen molar-refractivity contribution in [3.05, 3.63) is 35.4 Å². The highest BCUT2D eigenvalue weighted by atomic mass is 35.5. The van der Waals surface area contributed by atoms with Crippen LogP contribution in [0.3, 0.4) is 0 Å². The quantitative estimate of drug-likeness (QED) is 0.841. The third kappa shape index (κ3) is 6.28. The molecule has 2 rings (SSSR count). The van der Waals surface area contributed by atoms with Crippen molar-refractivity contribution in [2.75, 3.05) is 19.6 Å². The van der Waals surface area contributed by atoms with Crippen molar-refractivity contribution in [1.82, 2.24) is 10.6 Å². The summed E-state index contributed by atoms with van der Waals surface area (Å²) < 4.78 is 26.4. The number of benzene rings is 1. The zero-order chi connectivity index (χ0) is 15.1. The van der Waals surface area contributed by atoms with Gasteiger partial charge in [0.15, 0.2) is 0 Å². The second-order valence-electron chi connectivity index (χ2n) is 5.59. The number of hydrogen-bond acceptors (Lipinski definition) is 2. The minimum absolute atomic E-state index is 0. The first-order chi connectivity index (χ1) is 10.1. The summed E-state index contributed by atoms with van der Waals surface area (Å²) in [5, 5.41) is 6.19. The molecule has 1 aromatic rings. The Morgan fingerprint density at radius 3 is 2.91 bits per heavy atom. The summed E-state index contributed by atoms with van der Waals surface area (Å²) >= 11 is 0. The van der Waals surface area contributed by atoms with Crippen molar-refractivity contribution in [1.29, 1.82) is 0 Å². The molecule has 124 valence electrons. The van der Waals surface area contributed by atoms with Gasteiger partial charge in [0, 0.05) is 13.0 Å². The lowest BCUT2D eigenvalue weighted by atomic mass is 9.96. The van der Waals surface area contributed by atoms with Gasteiger partial charge in [-0.2, -0.15) is 0 Å². The SMILES string of the molecule is Cl.O=C(CCc1cc(F)ccc1F)NCCC1CCCNC1. The molecule has 0 radical (unpaired) electrons. The van der Waals surface area contributed by atoms with Crippen LogP contribution in [0, 0.1) is 17.6 Å². The number of halogens is 3. The van der Waals surface area contributed by atoms with E-state index < -0.39 is 11.6 Å². The summed E-state index contributed by atoms with van der Waals surface area (Å²) in [4.78, 5) is 11.7. The number of rotatable bonds is 6. The molecule has 1 amide bonds. The minimum atomic E-state index is -0.475. The molecule has 1 atom stereocenters. The molecule has 0 spiro atoms. The van der Waals surface area contributed by atoms with Crippen molar-refractivity contribution >= 4 is 18.3 Å². The van der Waals surface area contributed by atoms with E-state index in [-0.39, 0.29) is 36.7 Å². The molecule has 1 saturated heterocycles. The van der Waals surface area contributed by atoms with Gasteiger partial charge in [0.2, 0.25) is 5.91 Å². The first kappa shape index (κ1) is 18.8. The molecule has 1 unspecified atom stereocenters. The molecule has 2 N–H and O–H groups in total. The van der Waals surface area contributed by atoms with Crippen molar-refractivity contribution in [2.24, 2.45) is 5.92 Å². The Morgan fingerprint density at radius 2 is 2.18 bits per heavy atom. The zero-order valence-corrected chi connectivity index (χ0v) is 13.4. The summed E-state index contributed by atoms with van der Waals surface area (Å²) in [7, 11) is 0. The number of nitrogens with one attached hydrogen (secondary N) is 2. The number of amides is 1. The normalized spacial score (nSPS) is 17.6. The molecular weight excluding hydrogens is 310 g/mol. The van der Waals surface area contributed by atoms with E-state index in [1.807, 2.05) is 0 Å². The van der Waals surface area contributed by atoms with E-state index in [1.54, 1.807) is 0 Å². The first-order valence-electron chi connectivity index (χ1n) is 7.56. The molecule has 1 fully saturated rings. The Labute approximate surface area is 136 Å². The van der Waals surface area contributed by atoms with Crippen LogP contribution in [0.5, 0.6) is 0 Å². The number of carbonyl (C=O) groups is 1. The fourth-order valence-corrected chi connectivity index (χ4v) is 2.66. The Hall–Kier alpha value is -1.20. The van der Waals surface area contributed by atoms with E-state index in [0.29, 0.717) is 12.5 Å². The standard InChI is InChI=1S/C16H22F2N2O.ClH/c17-14-4-5-15(18)13(10-14)3-6-16(21)20-9-7-12-2-1-8-19-11-12;/h4-5,10,12,19H,1-3,6-9,11H2,(H,20,21);1H. The maximum Gasteiger partial charge on any atom is 0.220 e. The number of carbonyl (C=O) groups excluding carboxylic acids is 1. The molecule has 1 heterocycles. The van der Waals surface area contributed by atoms with Gasteiger partial charge in [-0.3, -0.25) is 4.79 Å². The molecule has 22 heavy (non-hydrogen) atoms. The van der Waals surface area contributed by atoms with Gasteiger partial charge in [-0.1, -0.05) is 0 Å². The topological polar surface area (TPSA) is 41.1 Å². The third-order valence-corrected chi connectivity index (χ3v) is 3.90. The van der Waals surface area contributed by atoms with Gasteiger partial charge in [0.1, 0.15) is 11.6 Å². The minimum Gasteiger partial charge on any atom is -0.356 e. The van der Waals surface area contributed by atoms with Crippen LogP contribution in [-0.4, -0.2) is 25.5 Å². The molecule has 1 aromatic carbocycles. The lowest BCUT2D eigenvalue weighted by molar-refractivity contribution is -0.121. The van der Waals surface area contributed by atoms with Gasteiger partial charge < -0.3 is 10.6 Å². The summed E-state index contributed by atoms with van der Waals surface area (Å²) in [5.41, 5.74) is 0.252. The van der Waals surface area contributed by atoms with Gasteiger partial charge in [-0.05, 0) is 68.5 Å². The molecule has 0 aliphatic carbocycles. The molecule has 1 aliphatic heterocycles. The van der Waals surface area contributed by atoms with Crippen molar-refractivity contribution in [3.63, 3.8) is 0 Å². The van der Waals surface area contributed by atoms with Gasteiger partial charge in [0.25, 0.3) is 0 Å². The molecule has 0 saturated carbocycles. The van der Waals surface area contributed by atoms with Crippen molar-refractivity contribution in [3.8, 4) is 0 Å². The second-order valence-corrected chi connectivity index (χ2v) is 5.59. The van der Waals surface area contributed by atoms with Crippen LogP contribution in [-0.2, 0) is 11.2 Å². The smallest absolute Gasteiger partial charge is 0.220 e. The van der Waals surface area contributed by atoms with Gasteiger partial charge >= 0.3 is 0 Å². The Balaban J connectivity index is 0.00000242. The Morgan fingerprint density at radius 1 is 1.36 bits per heavy atom. The van der Waals surface area contributed by atoms with Gasteiger partial charge in [0.05, 0.1) is 0 Å². The fraction of sp³-hybridized carbons (Fsp3) is 0.562. The average molecular weight is 333 g/mol. The van der Waals surface area contributed by atoms with E-state index in [9.17, 15) is 13.6 Å². The van der Waals surface area contributed by atoms with E-state index in [1.165, 1.54) is 12.8 Å². The molecule has 0 bridgehead atoms. The van der Waals surface area contributed by atoms with Crippen molar-refractivity contribution < 1.29 is 13.6 Å². The third-order valence-electron chi connectivity index (χ3n) is 3.90. The van der Waals surface area contributed by atoms with Crippen molar-refractivity contribution in [2.45, 2.75) is 32.1 Å². The summed E-state index contributed by atoms with van der Waals surface area (Å²) in [6.07, 6.45) is 3.77. The lowest BCUT2D eigenvalue weighted by Gasteiger charge is -2.22. The second kappa shape index (κ2) is 9.74. The fourth-order valence-electron chi connectivity index (χ4n) is 2.66. The molecule has 0 aromatic heterocycles. The van der Waals surface area contributed by atoms with E-state index in [2.05, 4.69) is 10.6 Å². The maximum atomic E-state index is 13.4. The predicted molar refractivity (Wildman–Crippen MR) is 85.1 cm³/mol. The Kier molecular flexibility index (Phi) is 8.35. The van der Waals surface area contributed by atoms with E-state index in [0.717, 1.165) is 37.7 Å². The molecule has 3 nitrogen and oxygen atoms in total. The summed E-state index contributed by atoms with van der Waals surface area (Å²) in [6.45, 7) is 2.75. The average Bonchev–Trinajstić information content (AvgIpc) is 2.49. The summed E-state index contributed by atoms with van der Waals surface area (Å²) in [5.74, 6) is -0.420. The maximum absolute atomic E-state index is 13.4. The summed E-state index contributed by atoms with van der Waals surface area (Å²) in [6, 6.07) is 3.33. The van der Waals surface area contributed by atoms with Crippen LogP contribution in [0.4, 0.5) is 8.78 Å².